The van der Waals surface area contributed by atoms with E-state index in [1.165, 1.54) is 0 Å². The number of halogens is 2. The molecule has 3 aromatic rings. The summed E-state index contributed by atoms with van der Waals surface area (Å²) in [5, 5.41) is 4.18. The van der Waals surface area contributed by atoms with E-state index in [2.05, 4.69) is 5.32 Å². The van der Waals surface area contributed by atoms with Crippen molar-refractivity contribution in [3.05, 3.63) is 106 Å². The molecule has 1 N–H and O–H groups in total. The fraction of sp³-hybridized carbons (Fsp3) is 0.286. The van der Waals surface area contributed by atoms with Gasteiger partial charge in [0.15, 0.2) is 0 Å². The Morgan fingerprint density at radius 1 is 0.853 bits per heavy atom. The van der Waals surface area contributed by atoms with Gasteiger partial charge in [-0.05, 0) is 40.8 Å². The molecule has 0 aliphatic carbocycles. The lowest BCUT2D eigenvalue weighted by Crippen LogP contribution is -2.51. The first kappa shape index (κ1) is 25.8. The number of nitrogens with one attached hydrogen (secondary N) is 1. The Balaban J connectivity index is 1.96. The molecule has 4 nitrogen and oxygen atoms in total. The second kappa shape index (κ2) is 12.6. The monoisotopic (exact) mass is 496 g/mol. The first-order valence-electron chi connectivity index (χ1n) is 11.4. The molecule has 0 bridgehead atoms. The van der Waals surface area contributed by atoms with E-state index in [1.807, 2.05) is 74.5 Å². The van der Waals surface area contributed by atoms with Gasteiger partial charge in [0.05, 0.1) is 6.42 Å². The van der Waals surface area contributed by atoms with Crippen LogP contribution in [0.1, 0.15) is 30.5 Å². The first-order valence-corrected chi connectivity index (χ1v) is 12.2. The standard InChI is InChI=1S/C28H30Cl2N2O2/c1-20(2)18-31-28(34)26(16-21-8-4-3-5-9-21)32(19-22-12-14-24(29)15-13-22)27(33)17-23-10-6-7-11-25(23)30/h3-15,20,26H,16-19H2,1-2H3,(H,31,34)/t26-/m1/s1. The van der Waals surface area contributed by atoms with Gasteiger partial charge in [0.1, 0.15) is 6.04 Å². The molecule has 2 amide bonds. The number of hydrogen-bond acceptors (Lipinski definition) is 2. The maximum Gasteiger partial charge on any atom is 0.243 e. The molecule has 0 saturated heterocycles. The molecule has 0 fully saturated rings. The highest BCUT2D eigenvalue weighted by Gasteiger charge is 2.30. The SMILES string of the molecule is CC(C)CNC(=O)[C@@H](Cc1ccccc1)N(Cc1ccc(Cl)cc1)C(=O)Cc1ccccc1Cl. The van der Waals surface area contributed by atoms with Crippen molar-refractivity contribution >= 4 is 35.0 Å². The van der Waals surface area contributed by atoms with E-state index in [-0.39, 0.29) is 24.8 Å². The Morgan fingerprint density at radius 2 is 1.50 bits per heavy atom. The van der Waals surface area contributed by atoms with Crippen molar-refractivity contribution in [3.8, 4) is 0 Å². The van der Waals surface area contributed by atoms with Crippen molar-refractivity contribution in [2.24, 2.45) is 5.92 Å². The van der Waals surface area contributed by atoms with E-state index in [0.29, 0.717) is 28.9 Å². The lowest BCUT2D eigenvalue weighted by atomic mass is 10.0. The third kappa shape index (κ3) is 7.61. The van der Waals surface area contributed by atoms with Crippen molar-refractivity contribution in [1.29, 1.82) is 0 Å². The summed E-state index contributed by atoms with van der Waals surface area (Å²) < 4.78 is 0. The number of nitrogens with zero attached hydrogens (tertiary/aromatic N) is 1. The summed E-state index contributed by atoms with van der Waals surface area (Å²) in [6, 6.07) is 23.7. The molecule has 0 aliphatic rings. The Kier molecular flexibility index (Phi) is 9.55. The van der Waals surface area contributed by atoms with Crippen LogP contribution >= 0.6 is 23.2 Å². The van der Waals surface area contributed by atoms with Crippen LogP contribution in [-0.2, 0) is 29.0 Å². The summed E-state index contributed by atoms with van der Waals surface area (Å²) in [4.78, 5) is 28.7. The van der Waals surface area contributed by atoms with Gasteiger partial charge in [0.2, 0.25) is 11.8 Å². The van der Waals surface area contributed by atoms with Crippen molar-refractivity contribution < 1.29 is 9.59 Å². The van der Waals surface area contributed by atoms with E-state index in [9.17, 15) is 9.59 Å². The Labute approximate surface area is 211 Å². The average Bonchev–Trinajstić information content (AvgIpc) is 2.83. The minimum absolute atomic E-state index is 0.107. The lowest BCUT2D eigenvalue weighted by molar-refractivity contribution is -0.140. The molecule has 0 spiro atoms. The molecule has 1 atom stereocenters. The fourth-order valence-corrected chi connectivity index (χ4v) is 4.00. The summed E-state index contributed by atoms with van der Waals surface area (Å²) >= 11 is 12.4. The number of amides is 2. The van der Waals surface area contributed by atoms with Gasteiger partial charge >= 0.3 is 0 Å². The van der Waals surface area contributed by atoms with Gasteiger partial charge in [-0.1, -0.05) is 97.7 Å². The smallest absolute Gasteiger partial charge is 0.243 e. The highest BCUT2D eigenvalue weighted by atomic mass is 35.5. The molecule has 0 unspecified atom stereocenters. The molecule has 0 saturated carbocycles. The molecule has 6 heteroatoms. The third-order valence-corrected chi connectivity index (χ3v) is 6.14. The molecule has 3 rings (SSSR count). The van der Waals surface area contributed by atoms with Crippen molar-refractivity contribution in [2.45, 2.75) is 39.3 Å². The predicted octanol–water partition coefficient (Wildman–Crippen LogP) is 5.95. The fourth-order valence-electron chi connectivity index (χ4n) is 3.67. The normalized spacial score (nSPS) is 11.8. The lowest BCUT2D eigenvalue weighted by Gasteiger charge is -2.32. The van der Waals surface area contributed by atoms with E-state index < -0.39 is 6.04 Å². The zero-order valence-electron chi connectivity index (χ0n) is 19.5. The first-order chi connectivity index (χ1) is 16.3. The average molecular weight is 497 g/mol. The van der Waals surface area contributed by atoms with Gasteiger partial charge in [-0.3, -0.25) is 9.59 Å². The summed E-state index contributed by atoms with van der Waals surface area (Å²) in [5.74, 6) is -0.0347. The van der Waals surface area contributed by atoms with E-state index in [4.69, 9.17) is 23.2 Å². The summed E-state index contributed by atoms with van der Waals surface area (Å²) in [5.41, 5.74) is 2.61. The number of carbonyl (C=O) groups excluding carboxylic acids is 2. The predicted molar refractivity (Wildman–Crippen MR) is 139 cm³/mol. The maximum absolute atomic E-state index is 13.7. The Hall–Kier alpha value is -2.82. The van der Waals surface area contributed by atoms with Crippen LogP contribution in [-0.4, -0.2) is 29.3 Å². The second-order valence-corrected chi connectivity index (χ2v) is 9.60. The number of hydrogen-bond donors (Lipinski definition) is 1. The van der Waals surface area contributed by atoms with Gasteiger partial charge < -0.3 is 10.2 Å². The van der Waals surface area contributed by atoms with Crippen LogP contribution in [0.3, 0.4) is 0 Å². The van der Waals surface area contributed by atoms with E-state index >= 15 is 0 Å². The van der Waals surface area contributed by atoms with Crippen LogP contribution in [0, 0.1) is 5.92 Å². The van der Waals surface area contributed by atoms with Gasteiger partial charge in [0, 0.05) is 29.6 Å². The van der Waals surface area contributed by atoms with E-state index in [1.54, 1.807) is 23.1 Å². The molecule has 0 heterocycles. The van der Waals surface area contributed by atoms with Crippen molar-refractivity contribution in [3.63, 3.8) is 0 Å². The zero-order valence-corrected chi connectivity index (χ0v) is 21.0. The van der Waals surface area contributed by atoms with Crippen LogP contribution < -0.4 is 5.32 Å². The Morgan fingerprint density at radius 3 is 2.15 bits per heavy atom. The molecule has 0 radical (unpaired) electrons. The molecular formula is C28H30Cl2N2O2. The molecule has 0 aromatic heterocycles. The third-order valence-electron chi connectivity index (χ3n) is 5.52. The number of benzene rings is 3. The van der Waals surface area contributed by atoms with Gasteiger partial charge in [-0.2, -0.15) is 0 Å². The highest BCUT2D eigenvalue weighted by molar-refractivity contribution is 6.31. The molecule has 34 heavy (non-hydrogen) atoms. The number of carbonyl (C=O) groups is 2. The zero-order chi connectivity index (χ0) is 24.5. The molecule has 3 aromatic carbocycles. The maximum atomic E-state index is 13.7. The number of rotatable bonds is 10. The highest BCUT2D eigenvalue weighted by Crippen LogP contribution is 2.21. The van der Waals surface area contributed by atoms with E-state index in [0.717, 1.165) is 16.7 Å². The molecular weight excluding hydrogens is 467 g/mol. The van der Waals surface area contributed by atoms with Crippen molar-refractivity contribution in [1.82, 2.24) is 10.2 Å². The van der Waals surface area contributed by atoms with Crippen LogP contribution in [0.5, 0.6) is 0 Å². The Bertz CT molecular complexity index is 1090. The van der Waals surface area contributed by atoms with Crippen LogP contribution in [0.2, 0.25) is 10.0 Å². The molecule has 0 aliphatic heterocycles. The topological polar surface area (TPSA) is 49.4 Å². The quantitative estimate of drug-likeness (QED) is 0.377. The van der Waals surface area contributed by atoms with Crippen LogP contribution in [0.25, 0.3) is 0 Å². The van der Waals surface area contributed by atoms with Gasteiger partial charge in [0.25, 0.3) is 0 Å². The minimum Gasteiger partial charge on any atom is -0.354 e. The second-order valence-electron chi connectivity index (χ2n) is 8.76. The van der Waals surface area contributed by atoms with Gasteiger partial charge in [-0.15, -0.1) is 0 Å². The van der Waals surface area contributed by atoms with Crippen molar-refractivity contribution in [2.75, 3.05) is 6.54 Å². The van der Waals surface area contributed by atoms with Crippen LogP contribution in [0.4, 0.5) is 0 Å². The van der Waals surface area contributed by atoms with Gasteiger partial charge in [-0.25, -0.2) is 0 Å². The summed E-state index contributed by atoms with van der Waals surface area (Å²) in [6.07, 6.45) is 0.517. The van der Waals surface area contributed by atoms with Crippen LogP contribution in [0.15, 0.2) is 78.9 Å². The molecule has 178 valence electrons. The summed E-state index contributed by atoms with van der Waals surface area (Å²) in [7, 11) is 0. The minimum atomic E-state index is -0.674. The summed E-state index contributed by atoms with van der Waals surface area (Å²) in [6.45, 7) is 4.91. The largest absolute Gasteiger partial charge is 0.354 e.